The van der Waals surface area contributed by atoms with E-state index in [0.717, 1.165) is 16.8 Å². The minimum atomic E-state index is -0.885. The van der Waals surface area contributed by atoms with Gasteiger partial charge in [-0.15, -0.1) is 0 Å². The van der Waals surface area contributed by atoms with Crippen molar-refractivity contribution in [2.75, 3.05) is 18.5 Å². The molecule has 2 aromatic rings. The molecule has 106 valence electrons. The van der Waals surface area contributed by atoms with Gasteiger partial charge in [-0.1, -0.05) is 41.9 Å². The van der Waals surface area contributed by atoms with Gasteiger partial charge >= 0.3 is 6.03 Å². The molecule has 4 rings (SSSR count). The quantitative estimate of drug-likeness (QED) is 0.877. The number of nitrogens with one attached hydrogen (secondary N) is 1. The van der Waals surface area contributed by atoms with Gasteiger partial charge in [-0.25, -0.2) is 4.79 Å². The molecule has 5 heteroatoms. The molecule has 0 spiro atoms. The number of para-hydroxylation sites is 1. The van der Waals surface area contributed by atoms with Crippen molar-refractivity contribution in [3.8, 4) is 0 Å². The third kappa shape index (κ3) is 1.69. The van der Waals surface area contributed by atoms with E-state index < -0.39 is 5.72 Å². The smallest absolute Gasteiger partial charge is 0.324 e. The van der Waals surface area contributed by atoms with Crippen LogP contribution in [0.2, 0.25) is 5.02 Å². The Labute approximate surface area is 127 Å². The van der Waals surface area contributed by atoms with Crippen LogP contribution in [0.4, 0.5) is 10.5 Å². The molecule has 1 fully saturated rings. The van der Waals surface area contributed by atoms with Crippen molar-refractivity contribution in [1.29, 1.82) is 0 Å². The first-order valence-electron chi connectivity index (χ1n) is 6.80. The monoisotopic (exact) mass is 300 g/mol. The number of hydrogen-bond donors (Lipinski definition) is 1. The molecule has 2 aliphatic rings. The van der Waals surface area contributed by atoms with E-state index in [4.69, 9.17) is 16.3 Å². The maximum Gasteiger partial charge on any atom is 0.324 e. The van der Waals surface area contributed by atoms with Gasteiger partial charge in [0.1, 0.15) is 0 Å². The number of ether oxygens (including phenoxy) is 1. The number of urea groups is 1. The van der Waals surface area contributed by atoms with Gasteiger partial charge < -0.3 is 10.1 Å². The first kappa shape index (κ1) is 12.7. The van der Waals surface area contributed by atoms with Crippen LogP contribution in [-0.2, 0) is 10.5 Å². The van der Waals surface area contributed by atoms with Gasteiger partial charge in [-0.05, 0) is 18.2 Å². The van der Waals surface area contributed by atoms with Gasteiger partial charge in [-0.3, -0.25) is 4.90 Å². The number of halogens is 1. The lowest BCUT2D eigenvalue weighted by atomic mass is 9.90. The molecule has 4 nitrogen and oxygen atoms in total. The second kappa shape index (κ2) is 4.48. The summed E-state index contributed by atoms with van der Waals surface area (Å²) >= 11 is 6.14. The third-order valence-electron chi connectivity index (χ3n) is 4.00. The summed E-state index contributed by atoms with van der Waals surface area (Å²) in [6.45, 7) is 1.04. The second-order valence-electron chi connectivity index (χ2n) is 5.13. The molecule has 0 saturated carbocycles. The number of carbonyl (C=O) groups is 1. The zero-order valence-corrected chi connectivity index (χ0v) is 11.9. The molecule has 0 aromatic heterocycles. The Morgan fingerprint density at radius 1 is 1.19 bits per heavy atom. The molecule has 0 radical (unpaired) electrons. The van der Waals surface area contributed by atoms with Crippen LogP contribution in [-0.4, -0.2) is 24.1 Å². The second-order valence-corrected chi connectivity index (χ2v) is 5.57. The summed E-state index contributed by atoms with van der Waals surface area (Å²) in [5.41, 5.74) is 1.70. The molecule has 2 aliphatic heterocycles. The first-order valence-corrected chi connectivity index (χ1v) is 7.18. The van der Waals surface area contributed by atoms with Gasteiger partial charge in [-0.2, -0.15) is 0 Å². The maximum atomic E-state index is 12.4. The van der Waals surface area contributed by atoms with Crippen LogP contribution in [0.3, 0.4) is 0 Å². The van der Waals surface area contributed by atoms with Crippen molar-refractivity contribution in [3.05, 3.63) is 64.7 Å². The maximum absolute atomic E-state index is 12.4. The zero-order chi connectivity index (χ0) is 14.4. The Balaban J connectivity index is 2.01. The van der Waals surface area contributed by atoms with Crippen molar-refractivity contribution >= 4 is 23.3 Å². The highest BCUT2D eigenvalue weighted by Crippen LogP contribution is 2.46. The van der Waals surface area contributed by atoms with Crippen LogP contribution in [0.25, 0.3) is 0 Å². The van der Waals surface area contributed by atoms with Crippen molar-refractivity contribution in [2.24, 2.45) is 0 Å². The van der Waals surface area contributed by atoms with Crippen molar-refractivity contribution in [3.63, 3.8) is 0 Å². The number of hydrogen-bond acceptors (Lipinski definition) is 2. The summed E-state index contributed by atoms with van der Waals surface area (Å²) in [5.74, 6) is 0. The lowest BCUT2D eigenvalue weighted by Gasteiger charge is -2.42. The number of carbonyl (C=O) groups excluding carboxylic acids is 1. The van der Waals surface area contributed by atoms with Crippen molar-refractivity contribution in [1.82, 2.24) is 4.90 Å². The Morgan fingerprint density at radius 2 is 2.05 bits per heavy atom. The lowest BCUT2D eigenvalue weighted by molar-refractivity contribution is -0.0325. The first-order chi connectivity index (χ1) is 10.2. The van der Waals surface area contributed by atoms with Gasteiger partial charge in [0, 0.05) is 22.7 Å². The summed E-state index contributed by atoms with van der Waals surface area (Å²) in [4.78, 5) is 14.1. The fourth-order valence-corrected chi connectivity index (χ4v) is 3.34. The molecule has 0 aliphatic carbocycles. The average Bonchev–Trinajstić information content (AvgIpc) is 2.94. The van der Waals surface area contributed by atoms with Gasteiger partial charge in [0.25, 0.3) is 0 Å². The number of fused-ring (bicyclic) bond motifs is 3. The van der Waals surface area contributed by atoms with E-state index in [0.29, 0.717) is 18.2 Å². The van der Waals surface area contributed by atoms with E-state index in [1.807, 2.05) is 48.5 Å². The number of amides is 2. The molecule has 1 N–H and O–H groups in total. The topological polar surface area (TPSA) is 41.6 Å². The van der Waals surface area contributed by atoms with Crippen LogP contribution < -0.4 is 5.32 Å². The third-order valence-corrected chi connectivity index (χ3v) is 4.24. The zero-order valence-electron chi connectivity index (χ0n) is 11.2. The van der Waals surface area contributed by atoms with E-state index in [-0.39, 0.29) is 6.03 Å². The largest absolute Gasteiger partial charge is 0.345 e. The summed E-state index contributed by atoms with van der Waals surface area (Å²) in [7, 11) is 0. The Bertz CT molecular complexity index is 734. The van der Waals surface area contributed by atoms with Gasteiger partial charge in [0.05, 0.1) is 12.3 Å². The van der Waals surface area contributed by atoms with E-state index >= 15 is 0 Å². The number of nitrogens with zero attached hydrogens (tertiary/aromatic N) is 1. The molecule has 2 aromatic carbocycles. The summed E-state index contributed by atoms with van der Waals surface area (Å²) in [5, 5.41) is 3.54. The summed E-state index contributed by atoms with van der Waals surface area (Å²) < 4.78 is 6.09. The molecular weight excluding hydrogens is 288 g/mol. The van der Waals surface area contributed by atoms with Crippen molar-refractivity contribution in [2.45, 2.75) is 5.72 Å². The fraction of sp³-hybridized carbons (Fsp3) is 0.188. The fourth-order valence-electron chi connectivity index (χ4n) is 3.15. The van der Waals surface area contributed by atoms with Crippen molar-refractivity contribution < 1.29 is 9.53 Å². The molecule has 1 unspecified atom stereocenters. The molecule has 2 heterocycles. The standard InChI is InChI=1S/C16H13ClN2O2/c17-12-5-3-4-11(10-12)16-13-6-1-2-7-14(13)18-15(20)19(16)8-9-21-16/h1-7,10H,8-9H2,(H,18,20). The highest BCUT2D eigenvalue weighted by atomic mass is 35.5. The molecule has 1 saturated heterocycles. The molecule has 0 bridgehead atoms. The molecule has 1 atom stereocenters. The van der Waals surface area contributed by atoms with Crippen LogP contribution in [0, 0.1) is 0 Å². The van der Waals surface area contributed by atoms with Crippen LogP contribution in [0.1, 0.15) is 11.1 Å². The minimum absolute atomic E-state index is 0.147. The highest BCUT2D eigenvalue weighted by Gasteiger charge is 2.52. The van der Waals surface area contributed by atoms with E-state index in [2.05, 4.69) is 5.32 Å². The normalized spacial score (nSPS) is 23.5. The minimum Gasteiger partial charge on any atom is -0.345 e. The Kier molecular flexibility index (Phi) is 2.71. The summed E-state index contributed by atoms with van der Waals surface area (Å²) in [6.07, 6.45) is 0. The van der Waals surface area contributed by atoms with Crippen LogP contribution >= 0.6 is 11.6 Å². The van der Waals surface area contributed by atoms with E-state index in [1.165, 1.54) is 0 Å². The SMILES string of the molecule is O=C1Nc2ccccc2C2(c3cccc(Cl)c3)OCCN12. The predicted molar refractivity (Wildman–Crippen MR) is 80.4 cm³/mol. The van der Waals surface area contributed by atoms with Gasteiger partial charge in [0.2, 0.25) is 0 Å². The van der Waals surface area contributed by atoms with Crippen LogP contribution in [0.15, 0.2) is 48.5 Å². The Morgan fingerprint density at radius 3 is 2.90 bits per heavy atom. The van der Waals surface area contributed by atoms with E-state index in [9.17, 15) is 4.79 Å². The van der Waals surface area contributed by atoms with Crippen LogP contribution in [0.5, 0.6) is 0 Å². The number of rotatable bonds is 1. The molecular formula is C16H13ClN2O2. The average molecular weight is 301 g/mol. The lowest BCUT2D eigenvalue weighted by Crippen LogP contribution is -2.52. The number of anilines is 1. The summed E-state index contributed by atoms with van der Waals surface area (Å²) in [6, 6.07) is 15.1. The Hall–Kier alpha value is -2.04. The molecule has 2 amide bonds. The highest BCUT2D eigenvalue weighted by molar-refractivity contribution is 6.30. The van der Waals surface area contributed by atoms with E-state index in [1.54, 1.807) is 4.90 Å². The predicted octanol–water partition coefficient (Wildman–Crippen LogP) is 3.42. The number of benzene rings is 2. The molecule has 21 heavy (non-hydrogen) atoms. The van der Waals surface area contributed by atoms with Gasteiger partial charge in [0.15, 0.2) is 5.72 Å².